The maximum atomic E-state index is 13.1. The molecule has 0 saturated carbocycles. The molecule has 0 spiro atoms. The van der Waals surface area contributed by atoms with Crippen LogP contribution in [-0.2, 0) is 14.4 Å². The molecule has 1 unspecified atom stereocenters. The van der Waals surface area contributed by atoms with Crippen molar-refractivity contribution in [2.75, 3.05) is 26.2 Å². The van der Waals surface area contributed by atoms with Crippen molar-refractivity contribution in [3.8, 4) is 5.75 Å². The molecule has 35 heavy (non-hydrogen) atoms. The average Bonchev–Trinajstić information content (AvgIpc) is 3.08. The zero-order valence-electron chi connectivity index (χ0n) is 19.0. The first-order valence-corrected chi connectivity index (χ1v) is 11.5. The van der Waals surface area contributed by atoms with Gasteiger partial charge in [-0.2, -0.15) is 0 Å². The Morgan fingerprint density at radius 1 is 1.09 bits per heavy atom. The van der Waals surface area contributed by atoms with Crippen LogP contribution in [0.1, 0.15) is 52.8 Å². The molecule has 1 aromatic rings. The summed E-state index contributed by atoms with van der Waals surface area (Å²) in [4.78, 5) is 75.4. The van der Waals surface area contributed by atoms with E-state index in [1.165, 1.54) is 18.2 Å². The lowest BCUT2D eigenvalue weighted by molar-refractivity contribution is -0.136. The van der Waals surface area contributed by atoms with Crippen molar-refractivity contribution in [2.24, 2.45) is 5.92 Å². The van der Waals surface area contributed by atoms with E-state index in [4.69, 9.17) is 9.84 Å². The predicted octanol–water partition coefficient (Wildman–Crippen LogP) is 0.363. The minimum Gasteiger partial charge on any atom is -0.483 e. The zero-order valence-corrected chi connectivity index (χ0v) is 19.0. The Labute approximate surface area is 200 Å². The number of carbonyl (C=O) groups is 6. The second-order valence-corrected chi connectivity index (χ2v) is 8.76. The largest absolute Gasteiger partial charge is 0.483 e. The highest BCUT2D eigenvalue weighted by Gasteiger charge is 2.46. The number of amides is 6. The van der Waals surface area contributed by atoms with Crippen LogP contribution < -0.4 is 15.4 Å². The first kappa shape index (κ1) is 24.2. The Hall–Kier alpha value is -3.96. The molecule has 0 aliphatic carbocycles. The molecule has 12 heteroatoms. The van der Waals surface area contributed by atoms with Gasteiger partial charge in [-0.05, 0) is 43.7 Å². The van der Waals surface area contributed by atoms with Gasteiger partial charge in [0.15, 0.2) is 6.61 Å². The van der Waals surface area contributed by atoms with E-state index in [0.717, 1.165) is 17.7 Å². The molecule has 1 atom stereocenters. The van der Waals surface area contributed by atoms with Gasteiger partial charge in [0.05, 0.1) is 11.1 Å². The number of fused-ring (bicyclic) bond motifs is 1. The first-order valence-electron chi connectivity index (χ1n) is 11.5. The summed E-state index contributed by atoms with van der Waals surface area (Å²) in [6.45, 7) is 1.10. The first-order chi connectivity index (χ1) is 16.8. The molecular formula is C23H26N4O8. The van der Waals surface area contributed by atoms with Gasteiger partial charge in [0.25, 0.3) is 17.7 Å². The van der Waals surface area contributed by atoms with Crippen molar-refractivity contribution in [2.45, 2.75) is 38.1 Å². The highest BCUT2D eigenvalue weighted by Crippen LogP contribution is 2.33. The van der Waals surface area contributed by atoms with Gasteiger partial charge in [0, 0.05) is 26.1 Å². The number of carboxylic acid groups (broad SMARTS) is 1. The minimum absolute atomic E-state index is 0.000335. The molecule has 4 rings (SSSR count). The molecule has 0 aromatic heterocycles. The summed E-state index contributed by atoms with van der Waals surface area (Å²) in [6, 6.07) is 3.41. The average molecular weight is 486 g/mol. The lowest BCUT2D eigenvalue weighted by atomic mass is 9.93. The normalized spacial score (nSPS) is 20.5. The number of rotatable bonds is 7. The summed E-state index contributed by atoms with van der Waals surface area (Å²) >= 11 is 0. The number of likely N-dealkylation sites (tertiary alicyclic amines) is 1. The number of hydrogen-bond donors (Lipinski definition) is 3. The number of benzene rings is 1. The van der Waals surface area contributed by atoms with E-state index in [0.29, 0.717) is 32.0 Å². The molecule has 12 nitrogen and oxygen atoms in total. The summed E-state index contributed by atoms with van der Waals surface area (Å²) < 4.78 is 5.66. The molecule has 3 aliphatic rings. The summed E-state index contributed by atoms with van der Waals surface area (Å²) in [5, 5.41) is 13.1. The molecular weight excluding hydrogens is 460 g/mol. The Kier molecular flexibility index (Phi) is 6.99. The van der Waals surface area contributed by atoms with E-state index in [9.17, 15) is 28.8 Å². The zero-order chi connectivity index (χ0) is 25.1. The van der Waals surface area contributed by atoms with E-state index in [-0.39, 0.29) is 42.2 Å². The fourth-order valence-electron chi connectivity index (χ4n) is 4.69. The van der Waals surface area contributed by atoms with Gasteiger partial charge in [0.2, 0.25) is 11.8 Å². The van der Waals surface area contributed by atoms with Crippen molar-refractivity contribution >= 4 is 35.6 Å². The molecule has 3 aliphatic heterocycles. The fourth-order valence-corrected chi connectivity index (χ4v) is 4.69. The van der Waals surface area contributed by atoms with Crippen LogP contribution in [0.3, 0.4) is 0 Å². The highest BCUT2D eigenvalue weighted by molar-refractivity contribution is 6.24. The number of ether oxygens (including phenoxy) is 1. The molecule has 0 radical (unpaired) electrons. The van der Waals surface area contributed by atoms with Crippen molar-refractivity contribution in [1.82, 2.24) is 20.4 Å². The topological polar surface area (TPSA) is 162 Å². The standard InChI is InChI=1S/C23H26N4O8/c28-17-5-4-15(20(30)25-17)27-21(31)14-2-1-3-16(19(14)22(27)32)35-12-18(29)26-10-7-13(8-11-26)6-9-24-23(33)34/h1-3,13,15,24H,4-12H2,(H,33,34)(H,25,28,30). The number of carbonyl (C=O) groups excluding carboxylic acids is 5. The van der Waals surface area contributed by atoms with Crippen LogP contribution in [0.25, 0.3) is 0 Å². The van der Waals surface area contributed by atoms with Gasteiger partial charge in [-0.1, -0.05) is 6.07 Å². The number of imide groups is 2. The van der Waals surface area contributed by atoms with E-state index < -0.39 is 35.8 Å². The number of hydrogen-bond acceptors (Lipinski definition) is 7. The minimum atomic E-state index is -1.08. The Bertz CT molecular complexity index is 1080. The van der Waals surface area contributed by atoms with Crippen LogP contribution in [0.2, 0.25) is 0 Å². The summed E-state index contributed by atoms with van der Waals surface area (Å²) in [5.74, 6) is -2.34. The van der Waals surface area contributed by atoms with E-state index in [1.54, 1.807) is 4.90 Å². The van der Waals surface area contributed by atoms with Crippen molar-refractivity contribution in [3.05, 3.63) is 29.3 Å². The van der Waals surface area contributed by atoms with Crippen molar-refractivity contribution in [1.29, 1.82) is 0 Å². The van der Waals surface area contributed by atoms with Gasteiger partial charge in [-0.15, -0.1) is 0 Å². The third-order valence-electron chi connectivity index (χ3n) is 6.58. The Morgan fingerprint density at radius 3 is 2.51 bits per heavy atom. The third kappa shape index (κ3) is 5.10. The quantitative estimate of drug-likeness (QED) is 0.465. The van der Waals surface area contributed by atoms with Crippen LogP contribution in [0.15, 0.2) is 18.2 Å². The van der Waals surface area contributed by atoms with Crippen LogP contribution in [0.4, 0.5) is 4.79 Å². The van der Waals surface area contributed by atoms with Gasteiger partial charge in [-0.3, -0.25) is 34.2 Å². The summed E-state index contributed by atoms with van der Waals surface area (Å²) in [5.41, 5.74) is 0.0834. The van der Waals surface area contributed by atoms with Crippen LogP contribution in [-0.4, -0.2) is 82.8 Å². The van der Waals surface area contributed by atoms with Gasteiger partial charge >= 0.3 is 6.09 Å². The van der Waals surface area contributed by atoms with Crippen LogP contribution >= 0.6 is 0 Å². The SMILES string of the molecule is O=C(O)NCCC1CCN(C(=O)COc2cccc3c2C(=O)N(C2CCC(=O)NC2=O)C3=O)CC1. The molecule has 3 heterocycles. The van der Waals surface area contributed by atoms with E-state index in [2.05, 4.69) is 10.6 Å². The molecule has 2 saturated heterocycles. The predicted molar refractivity (Wildman–Crippen MR) is 119 cm³/mol. The molecule has 3 N–H and O–H groups in total. The van der Waals surface area contributed by atoms with Crippen LogP contribution in [0, 0.1) is 5.92 Å². The second-order valence-electron chi connectivity index (χ2n) is 8.76. The number of nitrogens with one attached hydrogen (secondary N) is 2. The molecule has 1 aromatic carbocycles. The maximum Gasteiger partial charge on any atom is 0.404 e. The molecule has 2 fully saturated rings. The summed E-state index contributed by atoms with van der Waals surface area (Å²) in [7, 11) is 0. The lowest BCUT2D eigenvalue weighted by Crippen LogP contribution is -2.54. The molecule has 0 bridgehead atoms. The van der Waals surface area contributed by atoms with Crippen LogP contribution in [0.5, 0.6) is 5.75 Å². The lowest BCUT2D eigenvalue weighted by Gasteiger charge is -2.32. The Morgan fingerprint density at radius 2 is 1.83 bits per heavy atom. The number of nitrogens with zero attached hydrogens (tertiary/aromatic N) is 2. The number of piperidine rings is 2. The second kappa shape index (κ2) is 10.1. The maximum absolute atomic E-state index is 13.1. The fraction of sp³-hybridized carbons (Fsp3) is 0.478. The monoisotopic (exact) mass is 486 g/mol. The third-order valence-corrected chi connectivity index (χ3v) is 6.58. The summed E-state index contributed by atoms with van der Waals surface area (Å²) in [6.07, 6.45) is 1.23. The molecule has 6 amide bonds. The van der Waals surface area contributed by atoms with E-state index in [1.807, 2.05) is 0 Å². The van der Waals surface area contributed by atoms with Crippen molar-refractivity contribution in [3.63, 3.8) is 0 Å². The van der Waals surface area contributed by atoms with Gasteiger partial charge in [0.1, 0.15) is 11.8 Å². The Balaban J connectivity index is 1.35. The van der Waals surface area contributed by atoms with Crippen molar-refractivity contribution < 1.29 is 38.6 Å². The smallest absolute Gasteiger partial charge is 0.404 e. The molecule has 186 valence electrons. The highest BCUT2D eigenvalue weighted by atomic mass is 16.5. The van der Waals surface area contributed by atoms with Gasteiger partial charge < -0.3 is 20.1 Å². The van der Waals surface area contributed by atoms with Gasteiger partial charge in [-0.25, -0.2) is 4.79 Å². The van der Waals surface area contributed by atoms with E-state index >= 15 is 0 Å².